The van der Waals surface area contributed by atoms with E-state index >= 15 is 0 Å². The zero-order chi connectivity index (χ0) is 20.7. The molecule has 2 saturated heterocycles. The molecule has 1 aromatic heterocycles. The number of fused-ring (bicyclic) bond motifs is 2. The highest BCUT2D eigenvalue weighted by molar-refractivity contribution is 5.98. The Balaban J connectivity index is 1.38. The van der Waals surface area contributed by atoms with Crippen LogP contribution in [0.25, 0.3) is 10.9 Å². The summed E-state index contributed by atoms with van der Waals surface area (Å²) >= 11 is 0. The van der Waals surface area contributed by atoms with Gasteiger partial charge in [-0.15, -0.1) is 0 Å². The van der Waals surface area contributed by atoms with E-state index in [1.54, 1.807) is 12.1 Å². The van der Waals surface area contributed by atoms with Crippen molar-refractivity contribution in [3.05, 3.63) is 75.5 Å². The molecule has 2 unspecified atom stereocenters. The smallest absolute Gasteiger partial charge is 0.270 e. The first kappa shape index (κ1) is 19.0. The lowest BCUT2D eigenvalue weighted by Gasteiger charge is -2.35. The number of aromatic nitrogens is 1. The molecule has 3 heterocycles. The Bertz CT molecular complexity index is 1120. The molecule has 2 aromatic carbocycles. The number of nitrogens with one attached hydrogen (secondary N) is 1. The number of carbonyl (C=O) groups is 1. The van der Waals surface area contributed by atoms with E-state index in [2.05, 4.69) is 22.1 Å². The highest BCUT2D eigenvalue weighted by atomic mass is 16.6. The number of nitro groups is 1. The Hall–Kier alpha value is -2.99. The summed E-state index contributed by atoms with van der Waals surface area (Å²) in [5.41, 5.74) is 3.71. The second kappa shape index (κ2) is 7.69. The molecule has 2 aliphatic rings. The van der Waals surface area contributed by atoms with Gasteiger partial charge in [0, 0.05) is 53.8 Å². The van der Waals surface area contributed by atoms with Crippen LogP contribution in [0.15, 0.2) is 48.7 Å². The molecule has 3 aromatic rings. The first-order chi connectivity index (χ1) is 14.6. The summed E-state index contributed by atoms with van der Waals surface area (Å²) in [5, 5.41) is 12.2. The molecule has 30 heavy (non-hydrogen) atoms. The first-order valence-electron chi connectivity index (χ1n) is 10.7. The molecule has 0 saturated carbocycles. The molecule has 1 N–H and O–H groups in total. The third-order valence-electron chi connectivity index (χ3n) is 6.76. The van der Waals surface area contributed by atoms with Crippen LogP contribution in [0.1, 0.15) is 53.1 Å². The summed E-state index contributed by atoms with van der Waals surface area (Å²) in [5.74, 6) is 0.420. The third-order valence-corrected chi connectivity index (χ3v) is 6.76. The van der Waals surface area contributed by atoms with Gasteiger partial charge in [0.1, 0.15) is 0 Å². The maximum atomic E-state index is 12.7. The molecule has 5 rings (SSSR count). The van der Waals surface area contributed by atoms with Gasteiger partial charge < -0.3 is 4.98 Å². The van der Waals surface area contributed by atoms with Gasteiger partial charge in [-0.25, -0.2) is 0 Å². The number of non-ortho nitro benzene ring substituents is 1. The number of aromatic amines is 1. The molecule has 0 radical (unpaired) electrons. The topological polar surface area (TPSA) is 79.2 Å². The summed E-state index contributed by atoms with van der Waals surface area (Å²) in [4.78, 5) is 29.3. The number of hydrogen-bond acceptors (Lipinski definition) is 4. The van der Waals surface area contributed by atoms with Crippen LogP contribution in [-0.2, 0) is 6.42 Å². The van der Waals surface area contributed by atoms with Gasteiger partial charge in [0.25, 0.3) is 5.69 Å². The van der Waals surface area contributed by atoms with Crippen molar-refractivity contribution >= 4 is 22.4 Å². The predicted octanol–water partition coefficient (Wildman–Crippen LogP) is 4.84. The number of rotatable bonds is 5. The van der Waals surface area contributed by atoms with Crippen LogP contribution in [0.2, 0.25) is 0 Å². The first-order valence-corrected chi connectivity index (χ1v) is 10.7. The van der Waals surface area contributed by atoms with Crippen molar-refractivity contribution in [3.8, 4) is 0 Å². The van der Waals surface area contributed by atoms with Gasteiger partial charge in [-0.2, -0.15) is 0 Å². The van der Waals surface area contributed by atoms with E-state index < -0.39 is 4.92 Å². The average molecular weight is 403 g/mol. The molecule has 2 fully saturated rings. The standard InChI is InChI=1S/C24H25N3O3/c28-24(17-3-1-4-20(13-17)27(29)30)12-16-6-9-23-21(11-16)22(14-25-23)18-7-8-19-5-2-10-26(19)15-18/h1,3-4,6,9,11,13-14,18-19,25H,2,5,7-8,10,12,15H2. The lowest BCUT2D eigenvalue weighted by atomic mass is 9.87. The minimum atomic E-state index is -0.468. The van der Waals surface area contributed by atoms with Gasteiger partial charge in [0.15, 0.2) is 5.78 Å². The van der Waals surface area contributed by atoms with Gasteiger partial charge in [0.2, 0.25) is 0 Å². The van der Waals surface area contributed by atoms with E-state index in [0.717, 1.165) is 23.7 Å². The van der Waals surface area contributed by atoms with Crippen molar-refractivity contribution in [1.29, 1.82) is 0 Å². The van der Waals surface area contributed by atoms with Gasteiger partial charge in [-0.3, -0.25) is 19.8 Å². The SMILES string of the molecule is O=C(Cc1ccc2[nH]cc(C3CCC4CCCN4C3)c2c1)c1cccc([N+](=O)[O-])c1. The van der Waals surface area contributed by atoms with Crippen LogP contribution in [-0.4, -0.2) is 39.7 Å². The third kappa shape index (κ3) is 3.52. The second-order valence-electron chi connectivity index (χ2n) is 8.60. The van der Waals surface area contributed by atoms with Crippen LogP contribution >= 0.6 is 0 Å². The lowest BCUT2D eigenvalue weighted by molar-refractivity contribution is -0.384. The fraction of sp³-hybridized carbons (Fsp3) is 0.375. The summed E-state index contributed by atoms with van der Waals surface area (Å²) in [6, 6.07) is 12.9. The van der Waals surface area contributed by atoms with Crippen molar-refractivity contribution in [1.82, 2.24) is 9.88 Å². The molecule has 0 spiro atoms. The molecule has 0 aliphatic carbocycles. The Morgan fingerprint density at radius 3 is 2.93 bits per heavy atom. The zero-order valence-corrected chi connectivity index (χ0v) is 16.8. The van der Waals surface area contributed by atoms with E-state index in [-0.39, 0.29) is 17.9 Å². The van der Waals surface area contributed by atoms with Crippen LogP contribution in [0.4, 0.5) is 5.69 Å². The Kier molecular flexibility index (Phi) is 4.87. The molecule has 0 bridgehead atoms. The predicted molar refractivity (Wildman–Crippen MR) is 116 cm³/mol. The molecule has 0 amide bonds. The van der Waals surface area contributed by atoms with E-state index in [4.69, 9.17) is 0 Å². The highest BCUT2D eigenvalue weighted by Crippen LogP contribution is 2.37. The van der Waals surface area contributed by atoms with Crippen molar-refractivity contribution in [3.63, 3.8) is 0 Å². The summed E-state index contributed by atoms with van der Waals surface area (Å²) in [6.07, 6.45) is 7.51. The van der Waals surface area contributed by atoms with Crippen LogP contribution in [0, 0.1) is 10.1 Å². The minimum absolute atomic E-state index is 0.0539. The number of benzene rings is 2. The van der Waals surface area contributed by atoms with Crippen LogP contribution in [0.5, 0.6) is 0 Å². The Morgan fingerprint density at radius 2 is 2.07 bits per heavy atom. The number of carbonyl (C=O) groups excluding carboxylic acids is 1. The van der Waals surface area contributed by atoms with E-state index in [9.17, 15) is 14.9 Å². The molecular weight excluding hydrogens is 378 g/mol. The molecule has 2 atom stereocenters. The van der Waals surface area contributed by atoms with Gasteiger partial charge in [-0.05, 0) is 61.4 Å². The van der Waals surface area contributed by atoms with Crippen LogP contribution in [0.3, 0.4) is 0 Å². The monoisotopic (exact) mass is 403 g/mol. The largest absolute Gasteiger partial charge is 0.361 e. The number of hydrogen-bond donors (Lipinski definition) is 1. The number of nitro benzene ring substituents is 1. The fourth-order valence-corrected chi connectivity index (χ4v) is 5.20. The normalized spacial score (nSPS) is 21.6. The minimum Gasteiger partial charge on any atom is -0.361 e. The maximum absolute atomic E-state index is 12.7. The lowest BCUT2D eigenvalue weighted by Crippen LogP contribution is -2.37. The van der Waals surface area contributed by atoms with Gasteiger partial charge in [-0.1, -0.05) is 18.2 Å². The molecular formula is C24H25N3O3. The molecule has 154 valence electrons. The second-order valence-corrected chi connectivity index (χ2v) is 8.60. The van der Waals surface area contributed by atoms with Gasteiger partial charge >= 0.3 is 0 Å². The summed E-state index contributed by atoms with van der Waals surface area (Å²) < 4.78 is 0. The zero-order valence-electron chi connectivity index (χ0n) is 16.8. The number of nitrogens with zero attached hydrogens (tertiary/aromatic N) is 2. The summed E-state index contributed by atoms with van der Waals surface area (Å²) in [6.45, 7) is 2.33. The molecule has 6 nitrogen and oxygen atoms in total. The fourth-order valence-electron chi connectivity index (χ4n) is 5.20. The number of Topliss-reactive ketones (excluding diaryl/α,β-unsaturated/α-hetero) is 1. The summed E-state index contributed by atoms with van der Waals surface area (Å²) in [7, 11) is 0. The Labute approximate surface area is 175 Å². The number of ketones is 1. The van der Waals surface area contributed by atoms with Crippen molar-refractivity contribution in [2.45, 2.75) is 44.1 Å². The maximum Gasteiger partial charge on any atom is 0.270 e. The molecule has 2 aliphatic heterocycles. The number of piperidine rings is 1. The molecule has 6 heteroatoms. The van der Waals surface area contributed by atoms with Crippen molar-refractivity contribution in [2.75, 3.05) is 13.1 Å². The average Bonchev–Trinajstić information content (AvgIpc) is 3.39. The van der Waals surface area contributed by atoms with E-state index in [1.165, 1.54) is 55.3 Å². The Morgan fingerprint density at radius 1 is 1.17 bits per heavy atom. The highest BCUT2D eigenvalue weighted by Gasteiger charge is 2.32. The van der Waals surface area contributed by atoms with E-state index in [0.29, 0.717) is 11.5 Å². The van der Waals surface area contributed by atoms with Crippen molar-refractivity contribution in [2.24, 2.45) is 0 Å². The van der Waals surface area contributed by atoms with Crippen molar-refractivity contribution < 1.29 is 9.72 Å². The van der Waals surface area contributed by atoms with E-state index in [1.807, 2.05) is 12.1 Å². The van der Waals surface area contributed by atoms with Gasteiger partial charge in [0.05, 0.1) is 4.92 Å². The van der Waals surface area contributed by atoms with Crippen LogP contribution < -0.4 is 0 Å². The number of H-pyrrole nitrogens is 1. The quantitative estimate of drug-likeness (QED) is 0.375.